The number of nitrogens with two attached hydrogens (primary N) is 3. The van der Waals surface area contributed by atoms with Crippen LogP contribution in [0.2, 0.25) is 0 Å². The van der Waals surface area contributed by atoms with Gasteiger partial charge in [0.05, 0.1) is 17.8 Å². The summed E-state index contributed by atoms with van der Waals surface area (Å²) >= 11 is 0. The first-order valence-electron chi connectivity index (χ1n) is 5.73. The molecule has 0 atom stereocenters. The van der Waals surface area contributed by atoms with Crippen molar-refractivity contribution in [2.45, 2.75) is 6.42 Å². The molecule has 19 heavy (non-hydrogen) atoms. The summed E-state index contributed by atoms with van der Waals surface area (Å²) in [7, 11) is 0. The molecule has 2 rings (SSSR count). The quantitative estimate of drug-likeness (QED) is 0.625. The molecule has 0 aromatic heterocycles. The largest absolute Gasteiger partial charge is 0.481 e. The second-order valence-electron chi connectivity index (χ2n) is 4.34. The molecule has 2 aromatic rings. The maximum atomic E-state index is 10.8. The van der Waals surface area contributed by atoms with Crippen molar-refractivity contribution in [3.05, 3.63) is 42.0 Å². The molecule has 0 saturated carbocycles. The molecular formula is C14H15N3O2. The molecule has 98 valence electrons. The van der Waals surface area contributed by atoms with E-state index in [4.69, 9.17) is 22.3 Å². The van der Waals surface area contributed by atoms with Crippen LogP contribution in [-0.2, 0) is 11.2 Å². The second-order valence-corrected chi connectivity index (χ2v) is 4.34. The topological polar surface area (TPSA) is 115 Å². The van der Waals surface area contributed by atoms with Crippen LogP contribution in [0.3, 0.4) is 0 Å². The minimum absolute atomic E-state index is 0.0908. The first kappa shape index (κ1) is 12.8. The van der Waals surface area contributed by atoms with Crippen LogP contribution in [0.15, 0.2) is 36.4 Å². The molecule has 7 N–H and O–H groups in total. The predicted octanol–water partition coefficient (Wildman–Crippen LogP) is 1.73. The van der Waals surface area contributed by atoms with Gasteiger partial charge in [0.1, 0.15) is 0 Å². The first-order valence-corrected chi connectivity index (χ1v) is 5.73. The van der Waals surface area contributed by atoms with E-state index in [0.717, 1.165) is 11.1 Å². The molecule has 0 saturated heterocycles. The highest BCUT2D eigenvalue weighted by molar-refractivity contribution is 5.86. The molecule has 0 spiro atoms. The molecule has 0 aliphatic rings. The van der Waals surface area contributed by atoms with E-state index in [-0.39, 0.29) is 6.42 Å². The third-order valence-corrected chi connectivity index (χ3v) is 2.85. The molecule has 0 bridgehead atoms. The van der Waals surface area contributed by atoms with Crippen LogP contribution in [0.5, 0.6) is 0 Å². The number of nitrogen functional groups attached to an aromatic ring is 3. The van der Waals surface area contributed by atoms with Gasteiger partial charge in [-0.05, 0) is 35.4 Å². The number of hydrogen-bond donors (Lipinski definition) is 4. The fourth-order valence-corrected chi connectivity index (χ4v) is 1.92. The zero-order chi connectivity index (χ0) is 14.0. The number of carboxylic acid groups (broad SMARTS) is 1. The number of hydrogen-bond acceptors (Lipinski definition) is 4. The molecule has 0 amide bonds. The number of anilines is 3. The average Bonchev–Trinajstić information content (AvgIpc) is 2.34. The first-order chi connectivity index (χ1) is 8.97. The van der Waals surface area contributed by atoms with Crippen molar-refractivity contribution < 1.29 is 9.90 Å². The molecule has 0 aliphatic heterocycles. The summed E-state index contributed by atoms with van der Waals surface area (Å²) in [6.45, 7) is 0. The minimum Gasteiger partial charge on any atom is -0.481 e. The Morgan fingerprint density at radius 3 is 2.26 bits per heavy atom. The van der Waals surface area contributed by atoms with Gasteiger partial charge < -0.3 is 22.3 Å². The van der Waals surface area contributed by atoms with Crippen LogP contribution in [0, 0.1) is 0 Å². The Kier molecular flexibility index (Phi) is 3.29. The monoisotopic (exact) mass is 257 g/mol. The summed E-state index contributed by atoms with van der Waals surface area (Å²) in [5.74, 6) is -0.910. The van der Waals surface area contributed by atoms with Crippen molar-refractivity contribution in [2.75, 3.05) is 17.2 Å². The van der Waals surface area contributed by atoms with E-state index in [0.29, 0.717) is 22.6 Å². The van der Waals surface area contributed by atoms with Gasteiger partial charge in [-0.15, -0.1) is 0 Å². The summed E-state index contributed by atoms with van der Waals surface area (Å²) in [4.78, 5) is 10.8. The lowest BCUT2D eigenvalue weighted by molar-refractivity contribution is -0.136. The summed E-state index contributed by atoms with van der Waals surface area (Å²) in [5, 5.41) is 8.84. The van der Waals surface area contributed by atoms with Gasteiger partial charge in [0.2, 0.25) is 0 Å². The summed E-state index contributed by atoms with van der Waals surface area (Å²) in [5.41, 5.74) is 21.1. The highest BCUT2D eigenvalue weighted by Gasteiger charge is 2.10. The molecule has 0 fully saturated rings. The minimum atomic E-state index is -0.910. The fourth-order valence-electron chi connectivity index (χ4n) is 1.92. The van der Waals surface area contributed by atoms with Crippen molar-refractivity contribution in [3.8, 4) is 11.1 Å². The lowest BCUT2D eigenvalue weighted by Gasteiger charge is -2.11. The lowest BCUT2D eigenvalue weighted by atomic mass is 9.98. The number of carboxylic acids is 1. The molecular weight excluding hydrogens is 242 g/mol. The van der Waals surface area contributed by atoms with E-state index in [1.807, 2.05) is 12.1 Å². The molecule has 0 radical (unpaired) electrons. The smallest absolute Gasteiger partial charge is 0.307 e. The molecule has 0 heterocycles. The van der Waals surface area contributed by atoms with Gasteiger partial charge in [0.15, 0.2) is 0 Å². The van der Waals surface area contributed by atoms with Crippen LogP contribution in [0.1, 0.15) is 5.56 Å². The van der Waals surface area contributed by atoms with E-state index < -0.39 is 5.97 Å². The van der Waals surface area contributed by atoms with Gasteiger partial charge in [-0.25, -0.2) is 0 Å². The number of rotatable bonds is 3. The molecule has 0 aliphatic carbocycles. The maximum Gasteiger partial charge on any atom is 0.307 e. The van der Waals surface area contributed by atoms with Crippen LogP contribution in [0.25, 0.3) is 11.1 Å². The van der Waals surface area contributed by atoms with Crippen molar-refractivity contribution in [2.24, 2.45) is 0 Å². The Morgan fingerprint density at radius 1 is 1.05 bits per heavy atom. The molecule has 5 nitrogen and oxygen atoms in total. The van der Waals surface area contributed by atoms with Gasteiger partial charge in [0, 0.05) is 11.3 Å². The number of aliphatic carboxylic acids is 1. The van der Waals surface area contributed by atoms with E-state index in [1.54, 1.807) is 24.3 Å². The highest BCUT2D eigenvalue weighted by Crippen LogP contribution is 2.32. The van der Waals surface area contributed by atoms with E-state index in [1.165, 1.54) is 0 Å². The maximum absolute atomic E-state index is 10.8. The van der Waals surface area contributed by atoms with Crippen molar-refractivity contribution in [3.63, 3.8) is 0 Å². The van der Waals surface area contributed by atoms with Crippen molar-refractivity contribution in [1.82, 2.24) is 0 Å². The number of carbonyl (C=O) groups is 1. The van der Waals surface area contributed by atoms with Gasteiger partial charge in [0.25, 0.3) is 0 Å². The van der Waals surface area contributed by atoms with Gasteiger partial charge in [-0.3, -0.25) is 4.79 Å². The second kappa shape index (κ2) is 4.89. The van der Waals surface area contributed by atoms with Crippen LogP contribution < -0.4 is 17.2 Å². The Morgan fingerprint density at radius 2 is 1.68 bits per heavy atom. The SMILES string of the molecule is Nc1ccc(-c2cc(CC(=O)O)cc(N)c2N)cc1. The summed E-state index contributed by atoms with van der Waals surface area (Å²) in [6, 6.07) is 10.5. The molecule has 5 heteroatoms. The lowest BCUT2D eigenvalue weighted by Crippen LogP contribution is -2.04. The molecule has 2 aromatic carbocycles. The van der Waals surface area contributed by atoms with E-state index >= 15 is 0 Å². The Hall–Kier alpha value is -2.69. The zero-order valence-corrected chi connectivity index (χ0v) is 10.3. The van der Waals surface area contributed by atoms with Gasteiger partial charge in [-0.1, -0.05) is 12.1 Å². The number of benzene rings is 2. The predicted molar refractivity (Wildman–Crippen MR) is 76.5 cm³/mol. The van der Waals surface area contributed by atoms with Crippen LogP contribution in [0.4, 0.5) is 17.1 Å². The van der Waals surface area contributed by atoms with Crippen molar-refractivity contribution in [1.29, 1.82) is 0 Å². The van der Waals surface area contributed by atoms with Crippen LogP contribution >= 0.6 is 0 Å². The average molecular weight is 257 g/mol. The summed E-state index contributed by atoms with van der Waals surface area (Å²) in [6.07, 6.45) is -0.0908. The molecule has 0 unspecified atom stereocenters. The fraction of sp³-hybridized carbons (Fsp3) is 0.0714. The van der Waals surface area contributed by atoms with E-state index in [9.17, 15) is 4.79 Å². The van der Waals surface area contributed by atoms with Gasteiger partial charge in [-0.2, -0.15) is 0 Å². The van der Waals surface area contributed by atoms with E-state index in [2.05, 4.69) is 0 Å². The Balaban J connectivity index is 2.52. The standard InChI is InChI=1S/C14H15N3O2/c15-10-3-1-9(2-4-10)11-5-8(7-13(18)19)6-12(16)14(11)17/h1-6H,7,15-17H2,(H,18,19). The zero-order valence-electron chi connectivity index (χ0n) is 10.3. The normalized spacial score (nSPS) is 10.3. The van der Waals surface area contributed by atoms with Crippen molar-refractivity contribution >= 4 is 23.0 Å². The Labute approximate surface area is 110 Å². The summed E-state index contributed by atoms with van der Waals surface area (Å²) < 4.78 is 0. The highest BCUT2D eigenvalue weighted by atomic mass is 16.4. The van der Waals surface area contributed by atoms with Crippen LogP contribution in [-0.4, -0.2) is 11.1 Å². The Bertz CT molecular complexity index is 621. The third-order valence-electron chi connectivity index (χ3n) is 2.85. The van der Waals surface area contributed by atoms with Gasteiger partial charge >= 0.3 is 5.97 Å². The third kappa shape index (κ3) is 2.77.